The predicted octanol–water partition coefficient (Wildman–Crippen LogP) is 3.98. The van der Waals surface area contributed by atoms with E-state index in [1.165, 1.54) is 35.0 Å². The highest BCUT2D eigenvalue weighted by atomic mass is 35.5. The maximum Gasteiger partial charge on any atom is 0.278 e. The summed E-state index contributed by atoms with van der Waals surface area (Å²) in [4.78, 5) is 3.80. The molecule has 28 heavy (non-hydrogen) atoms. The van der Waals surface area contributed by atoms with Crippen LogP contribution in [0.3, 0.4) is 0 Å². The van der Waals surface area contributed by atoms with Gasteiger partial charge in [-0.3, -0.25) is 0 Å². The lowest BCUT2D eigenvalue weighted by Gasteiger charge is -2.12. The van der Waals surface area contributed by atoms with Gasteiger partial charge in [-0.15, -0.1) is 0 Å². The molecule has 0 bridgehead atoms. The van der Waals surface area contributed by atoms with E-state index in [1.54, 1.807) is 6.07 Å². The van der Waals surface area contributed by atoms with Gasteiger partial charge >= 0.3 is 0 Å². The van der Waals surface area contributed by atoms with Crippen molar-refractivity contribution in [1.29, 1.82) is 5.26 Å². The number of hydrogen-bond acceptors (Lipinski definition) is 5. The van der Waals surface area contributed by atoms with Gasteiger partial charge in [0.2, 0.25) is 0 Å². The largest absolute Gasteiger partial charge is 0.490 e. The lowest BCUT2D eigenvalue weighted by molar-refractivity contribution is 0.140. The first-order valence-electron chi connectivity index (χ1n) is 8.01. The minimum absolute atomic E-state index is 0.0427. The Hall–Kier alpha value is -2.70. The number of ether oxygens (including phenoxy) is 1. The number of benzene rings is 1. The molecule has 6 nitrogen and oxygen atoms in total. The van der Waals surface area contributed by atoms with Gasteiger partial charge in [0.05, 0.1) is 34.5 Å². The Bertz CT molecular complexity index is 1170. The Kier molecular flexibility index (Phi) is 5.54. The van der Waals surface area contributed by atoms with E-state index in [4.69, 9.17) is 21.6 Å². The Morgan fingerprint density at radius 3 is 2.64 bits per heavy atom. The molecule has 0 atom stereocenters. The van der Waals surface area contributed by atoms with E-state index in [-0.39, 0.29) is 34.5 Å². The van der Waals surface area contributed by atoms with Gasteiger partial charge in [-0.1, -0.05) is 11.6 Å². The molecule has 0 saturated heterocycles. The number of nitrogens with zero attached hydrogens (tertiary/aromatic N) is 3. The smallest absolute Gasteiger partial charge is 0.278 e. The van der Waals surface area contributed by atoms with E-state index in [2.05, 4.69) is 4.98 Å². The molecule has 0 saturated carbocycles. The van der Waals surface area contributed by atoms with Crippen LogP contribution in [0.2, 0.25) is 5.02 Å². The number of sulfone groups is 1. The van der Waals surface area contributed by atoms with Gasteiger partial charge in [-0.05, 0) is 30.3 Å². The summed E-state index contributed by atoms with van der Waals surface area (Å²) in [5.41, 5.74) is 0.440. The molecule has 0 aliphatic carbocycles. The monoisotopic (exact) mass is 425 g/mol. The first-order chi connectivity index (χ1) is 13.2. The average Bonchev–Trinajstić information content (AvgIpc) is 3.02. The maximum absolute atomic E-state index is 13.4. The third-order valence-electron chi connectivity index (χ3n) is 4.07. The molecule has 0 fully saturated rings. The molecule has 10 heteroatoms. The van der Waals surface area contributed by atoms with Crippen molar-refractivity contribution in [3.63, 3.8) is 0 Å². The number of hydrogen-bond donors (Lipinski definition) is 0. The molecule has 1 aromatic carbocycles. The van der Waals surface area contributed by atoms with Gasteiger partial charge in [-0.2, -0.15) is 5.26 Å². The normalized spacial score (nSPS) is 11.7. The van der Waals surface area contributed by atoms with Crippen molar-refractivity contribution in [3.05, 3.63) is 52.8 Å². The molecule has 0 aliphatic heterocycles. The van der Waals surface area contributed by atoms with Crippen LogP contribution in [0.5, 0.6) is 5.75 Å². The quantitative estimate of drug-likeness (QED) is 0.596. The van der Waals surface area contributed by atoms with Crippen LogP contribution in [0.25, 0.3) is 10.9 Å². The Morgan fingerprint density at radius 1 is 1.32 bits per heavy atom. The number of rotatable bonds is 6. The number of aromatic nitrogens is 2. The Labute approximate surface area is 164 Å². The van der Waals surface area contributed by atoms with Crippen LogP contribution in [-0.2, 0) is 16.4 Å². The van der Waals surface area contributed by atoms with Crippen molar-refractivity contribution in [3.8, 4) is 11.8 Å². The van der Waals surface area contributed by atoms with Crippen LogP contribution in [-0.4, -0.2) is 30.8 Å². The topological polar surface area (TPSA) is 85.0 Å². The van der Waals surface area contributed by atoms with Gasteiger partial charge in [0, 0.05) is 11.6 Å². The summed E-state index contributed by atoms with van der Waals surface area (Å²) in [5.74, 6) is 0.312. The van der Waals surface area contributed by atoms with E-state index >= 15 is 0 Å². The summed E-state index contributed by atoms with van der Waals surface area (Å²) in [5, 5.41) is 9.46. The Morgan fingerprint density at radius 2 is 2.07 bits per heavy atom. The minimum Gasteiger partial charge on any atom is -0.490 e. The highest BCUT2D eigenvalue weighted by Gasteiger charge is 2.19. The molecule has 3 aromatic rings. The van der Waals surface area contributed by atoms with E-state index in [0.717, 1.165) is 6.26 Å². The molecular formula is C18H14ClF2N3O3S. The first kappa shape index (κ1) is 20.0. The lowest BCUT2D eigenvalue weighted by Crippen LogP contribution is -2.11. The summed E-state index contributed by atoms with van der Waals surface area (Å²) in [6.45, 7) is 0.139. The number of nitriles is 1. The predicted molar refractivity (Wildman–Crippen MR) is 99.5 cm³/mol. The van der Waals surface area contributed by atoms with Gasteiger partial charge in [0.15, 0.2) is 14.9 Å². The molecule has 146 valence electrons. The summed E-state index contributed by atoms with van der Waals surface area (Å²) in [6.07, 6.45) is -0.430. The highest BCUT2D eigenvalue weighted by Crippen LogP contribution is 2.33. The van der Waals surface area contributed by atoms with E-state index in [1.807, 2.05) is 6.07 Å². The zero-order chi connectivity index (χ0) is 20.5. The molecule has 2 aromatic heterocycles. The molecular weight excluding hydrogens is 412 g/mol. The van der Waals surface area contributed by atoms with Crippen molar-refractivity contribution in [2.75, 3.05) is 12.9 Å². The zero-order valence-corrected chi connectivity index (χ0v) is 16.1. The number of halogens is 3. The van der Waals surface area contributed by atoms with Crippen molar-refractivity contribution >= 4 is 32.3 Å². The van der Waals surface area contributed by atoms with Crippen molar-refractivity contribution in [1.82, 2.24) is 9.55 Å². The number of fused-ring (bicyclic) bond motifs is 1. The fraction of sp³-hybridized carbons (Fsp3) is 0.222. The fourth-order valence-corrected chi connectivity index (χ4v) is 3.58. The minimum atomic E-state index is -3.41. The van der Waals surface area contributed by atoms with Crippen molar-refractivity contribution in [2.24, 2.45) is 0 Å². The second kappa shape index (κ2) is 7.73. The third-order valence-corrected chi connectivity index (χ3v) is 5.48. The summed E-state index contributed by atoms with van der Waals surface area (Å²) < 4.78 is 56.6. The molecule has 0 radical (unpaired) electrons. The summed E-state index contributed by atoms with van der Waals surface area (Å²) in [6, 6.07) is 8.99. The summed E-state index contributed by atoms with van der Waals surface area (Å²) >= 11 is 6.14. The van der Waals surface area contributed by atoms with Crippen LogP contribution < -0.4 is 4.74 Å². The van der Waals surface area contributed by atoms with Crippen molar-refractivity contribution in [2.45, 2.75) is 18.0 Å². The molecule has 0 amide bonds. The average molecular weight is 426 g/mol. The fourth-order valence-electron chi connectivity index (χ4n) is 2.76. The van der Waals surface area contributed by atoms with E-state index in [0.29, 0.717) is 16.7 Å². The first-order valence-corrected chi connectivity index (χ1v) is 10.3. The second-order valence-electron chi connectivity index (χ2n) is 5.95. The second-order valence-corrected chi connectivity index (χ2v) is 8.29. The van der Waals surface area contributed by atoms with Crippen LogP contribution in [0, 0.1) is 11.3 Å². The highest BCUT2D eigenvalue weighted by molar-refractivity contribution is 7.90. The number of pyridine rings is 1. The molecule has 3 rings (SSSR count). The van der Waals surface area contributed by atoms with Crippen LogP contribution in [0.1, 0.15) is 17.7 Å². The van der Waals surface area contributed by atoms with Crippen LogP contribution in [0.4, 0.5) is 8.78 Å². The standard InChI is InChI=1S/C18H14ClF2N3O3S/c1-28(25,26)16-5-3-12(10-23-16)27-7-6-24-14-4-2-11(9-22)17(19)13(14)8-15(24)18(20)21/h2-5,8,10,18H,6-7H2,1H3. The third kappa shape index (κ3) is 3.93. The van der Waals surface area contributed by atoms with E-state index in [9.17, 15) is 17.2 Å². The van der Waals surface area contributed by atoms with Crippen molar-refractivity contribution < 1.29 is 21.9 Å². The maximum atomic E-state index is 13.4. The Balaban J connectivity index is 1.83. The van der Waals surface area contributed by atoms with Gasteiger partial charge < -0.3 is 9.30 Å². The summed E-state index contributed by atoms with van der Waals surface area (Å²) in [7, 11) is -3.41. The molecule has 0 N–H and O–H groups in total. The SMILES string of the molecule is CS(=O)(=O)c1ccc(OCCn2c(C(F)F)cc3c(Cl)c(C#N)ccc32)cn1. The van der Waals surface area contributed by atoms with Gasteiger partial charge in [0.1, 0.15) is 18.4 Å². The molecule has 0 spiro atoms. The number of alkyl halides is 2. The lowest BCUT2D eigenvalue weighted by atomic mass is 10.1. The van der Waals surface area contributed by atoms with Crippen LogP contribution >= 0.6 is 11.6 Å². The molecule has 0 aliphatic rings. The van der Waals surface area contributed by atoms with Crippen LogP contribution in [0.15, 0.2) is 41.6 Å². The van der Waals surface area contributed by atoms with Gasteiger partial charge in [-0.25, -0.2) is 22.2 Å². The molecule has 2 heterocycles. The molecule has 0 unspecified atom stereocenters. The van der Waals surface area contributed by atoms with Gasteiger partial charge in [0.25, 0.3) is 6.43 Å². The zero-order valence-electron chi connectivity index (χ0n) is 14.6. The van der Waals surface area contributed by atoms with E-state index < -0.39 is 16.3 Å².